The van der Waals surface area contributed by atoms with Gasteiger partial charge in [0.25, 0.3) is 0 Å². The molecule has 1 heterocycles. The molecule has 0 aromatic carbocycles. The summed E-state index contributed by atoms with van der Waals surface area (Å²) >= 11 is 0. The topological polar surface area (TPSA) is 110 Å². The van der Waals surface area contributed by atoms with E-state index in [-0.39, 0.29) is 24.4 Å². The summed E-state index contributed by atoms with van der Waals surface area (Å²) in [5.41, 5.74) is 0. The SMILES string of the molecule is CNc1nc(NCC(=O)NCCOC)nc(OC)n1. The Kier molecular flexibility index (Phi) is 6.30. The molecule has 3 N–H and O–H groups in total. The number of nitrogens with zero attached hydrogens (tertiary/aromatic N) is 3. The van der Waals surface area contributed by atoms with Gasteiger partial charge in [-0.15, -0.1) is 0 Å². The molecule has 1 aromatic rings. The smallest absolute Gasteiger partial charge is 0.322 e. The van der Waals surface area contributed by atoms with Crippen LogP contribution in [0.4, 0.5) is 11.9 Å². The lowest BCUT2D eigenvalue weighted by Crippen LogP contribution is -2.32. The molecular formula is C10H18N6O3. The zero-order valence-electron chi connectivity index (χ0n) is 11.2. The molecule has 1 aromatic heterocycles. The lowest BCUT2D eigenvalue weighted by Gasteiger charge is -2.08. The highest BCUT2D eigenvalue weighted by atomic mass is 16.5. The van der Waals surface area contributed by atoms with Crippen molar-refractivity contribution in [3.8, 4) is 6.01 Å². The summed E-state index contributed by atoms with van der Waals surface area (Å²) in [5.74, 6) is 0.440. The van der Waals surface area contributed by atoms with Crippen LogP contribution in [-0.2, 0) is 9.53 Å². The van der Waals surface area contributed by atoms with Crippen molar-refractivity contribution in [3.63, 3.8) is 0 Å². The molecule has 1 amide bonds. The van der Waals surface area contributed by atoms with Gasteiger partial charge in [-0.25, -0.2) is 0 Å². The van der Waals surface area contributed by atoms with Gasteiger partial charge in [0.05, 0.1) is 20.3 Å². The Morgan fingerprint density at radius 2 is 1.95 bits per heavy atom. The van der Waals surface area contributed by atoms with Crippen LogP contribution in [0, 0.1) is 0 Å². The second-order valence-electron chi connectivity index (χ2n) is 3.42. The Labute approximate surface area is 111 Å². The lowest BCUT2D eigenvalue weighted by molar-refractivity contribution is -0.119. The average molecular weight is 270 g/mol. The van der Waals surface area contributed by atoms with Crippen molar-refractivity contribution in [1.82, 2.24) is 20.3 Å². The molecular weight excluding hydrogens is 252 g/mol. The predicted molar refractivity (Wildman–Crippen MR) is 69.3 cm³/mol. The van der Waals surface area contributed by atoms with Crippen LogP contribution >= 0.6 is 0 Å². The molecule has 0 saturated heterocycles. The van der Waals surface area contributed by atoms with E-state index in [4.69, 9.17) is 9.47 Å². The van der Waals surface area contributed by atoms with Gasteiger partial charge >= 0.3 is 6.01 Å². The van der Waals surface area contributed by atoms with Crippen LogP contribution in [-0.4, -0.2) is 61.8 Å². The summed E-state index contributed by atoms with van der Waals surface area (Å²) in [6.45, 7) is 0.981. The maximum Gasteiger partial charge on any atom is 0.322 e. The quantitative estimate of drug-likeness (QED) is 0.521. The lowest BCUT2D eigenvalue weighted by atomic mass is 10.5. The van der Waals surface area contributed by atoms with E-state index < -0.39 is 0 Å². The van der Waals surface area contributed by atoms with Crippen LogP contribution in [0.15, 0.2) is 0 Å². The van der Waals surface area contributed by atoms with Crippen LogP contribution in [0.5, 0.6) is 6.01 Å². The number of methoxy groups -OCH3 is 2. The minimum Gasteiger partial charge on any atom is -0.467 e. The number of ether oxygens (including phenoxy) is 2. The van der Waals surface area contributed by atoms with E-state index in [9.17, 15) is 4.79 Å². The number of carbonyl (C=O) groups excluding carboxylic acids is 1. The molecule has 0 aliphatic rings. The zero-order valence-corrected chi connectivity index (χ0v) is 11.2. The summed E-state index contributed by atoms with van der Waals surface area (Å²) in [4.78, 5) is 23.4. The van der Waals surface area contributed by atoms with E-state index in [2.05, 4.69) is 30.9 Å². The largest absolute Gasteiger partial charge is 0.467 e. The van der Waals surface area contributed by atoms with Crippen molar-refractivity contribution in [2.45, 2.75) is 0 Å². The van der Waals surface area contributed by atoms with Gasteiger partial charge in [-0.05, 0) is 0 Å². The maximum absolute atomic E-state index is 11.5. The van der Waals surface area contributed by atoms with Crippen molar-refractivity contribution in [2.75, 3.05) is 51.6 Å². The van der Waals surface area contributed by atoms with Gasteiger partial charge in [0.1, 0.15) is 0 Å². The number of aromatic nitrogens is 3. The average Bonchev–Trinajstić information content (AvgIpc) is 2.45. The van der Waals surface area contributed by atoms with Gasteiger partial charge in [-0.1, -0.05) is 0 Å². The standard InChI is InChI=1S/C10H18N6O3/c1-11-8-14-9(16-10(15-8)19-3)13-6-7(17)12-4-5-18-2/h4-6H2,1-3H3,(H,12,17)(H2,11,13,14,15,16). The van der Waals surface area contributed by atoms with Crippen LogP contribution in [0.3, 0.4) is 0 Å². The van der Waals surface area contributed by atoms with Gasteiger partial charge in [0.15, 0.2) is 0 Å². The number of nitrogens with one attached hydrogen (secondary N) is 3. The molecule has 9 nitrogen and oxygen atoms in total. The Balaban J connectivity index is 2.50. The molecule has 0 aliphatic carbocycles. The predicted octanol–water partition coefficient (Wildman–Crippen LogP) is -0.904. The van der Waals surface area contributed by atoms with Crippen LogP contribution in [0.1, 0.15) is 0 Å². The van der Waals surface area contributed by atoms with E-state index in [1.165, 1.54) is 7.11 Å². The van der Waals surface area contributed by atoms with Gasteiger partial charge in [0, 0.05) is 20.7 Å². The van der Waals surface area contributed by atoms with E-state index in [1.807, 2.05) is 0 Å². The van der Waals surface area contributed by atoms with Crippen molar-refractivity contribution in [1.29, 1.82) is 0 Å². The number of rotatable bonds is 8. The second-order valence-corrected chi connectivity index (χ2v) is 3.42. The molecule has 0 atom stereocenters. The van der Waals surface area contributed by atoms with E-state index in [1.54, 1.807) is 14.2 Å². The summed E-state index contributed by atoms with van der Waals surface area (Å²) in [5, 5.41) is 8.22. The molecule has 0 radical (unpaired) electrons. The first-order valence-electron chi connectivity index (χ1n) is 5.67. The molecule has 0 fully saturated rings. The molecule has 106 valence electrons. The van der Waals surface area contributed by atoms with Crippen LogP contribution in [0.25, 0.3) is 0 Å². The third-order valence-corrected chi connectivity index (χ3v) is 2.06. The van der Waals surface area contributed by atoms with E-state index in [0.29, 0.717) is 19.1 Å². The van der Waals surface area contributed by atoms with Crippen LogP contribution < -0.4 is 20.7 Å². The van der Waals surface area contributed by atoms with Crippen LogP contribution in [0.2, 0.25) is 0 Å². The number of carbonyl (C=O) groups is 1. The minimum atomic E-state index is -0.178. The summed E-state index contributed by atoms with van der Waals surface area (Å²) < 4.78 is 9.75. The second kappa shape index (κ2) is 8.03. The first-order chi connectivity index (χ1) is 9.19. The van der Waals surface area contributed by atoms with Gasteiger partial charge < -0.3 is 25.4 Å². The number of amides is 1. The summed E-state index contributed by atoms with van der Waals surface area (Å²) in [6.07, 6.45) is 0. The molecule has 0 unspecified atom stereocenters. The Morgan fingerprint density at radius 3 is 2.58 bits per heavy atom. The normalized spacial score (nSPS) is 9.84. The molecule has 19 heavy (non-hydrogen) atoms. The first-order valence-corrected chi connectivity index (χ1v) is 5.67. The van der Waals surface area contributed by atoms with E-state index in [0.717, 1.165) is 0 Å². The molecule has 9 heteroatoms. The molecule has 0 saturated carbocycles. The molecule has 0 spiro atoms. The number of hydrogen-bond donors (Lipinski definition) is 3. The summed E-state index contributed by atoms with van der Waals surface area (Å²) in [6, 6.07) is 0.168. The monoisotopic (exact) mass is 270 g/mol. The Morgan fingerprint density at radius 1 is 1.21 bits per heavy atom. The maximum atomic E-state index is 11.5. The third kappa shape index (κ3) is 5.34. The van der Waals surface area contributed by atoms with Crippen molar-refractivity contribution in [3.05, 3.63) is 0 Å². The van der Waals surface area contributed by atoms with Crippen molar-refractivity contribution < 1.29 is 14.3 Å². The van der Waals surface area contributed by atoms with Gasteiger partial charge in [0.2, 0.25) is 17.8 Å². The molecule has 0 aliphatic heterocycles. The third-order valence-electron chi connectivity index (χ3n) is 2.06. The highest BCUT2D eigenvalue weighted by molar-refractivity contribution is 5.80. The number of hydrogen-bond acceptors (Lipinski definition) is 8. The minimum absolute atomic E-state index is 0.0556. The fourth-order valence-electron chi connectivity index (χ4n) is 1.15. The Bertz CT molecular complexity index is 392. The first kappa shape index (κ1) is 14.9. The number of anilines is 2. The van der Waals surface area contributed by atoms with E-state index >= 15 is 0 Å². The summed E-state index contributed by atoms with van der Waals surface area (Å²) in [7, 11) is 4.70. The van der Waals surface area contributed by atoms with Gasteiger partial charge in [-0.2, -0.15) is 15.0 Å². The highest BCUT2D eigenvalue weighted by Crippen LogP contribution is 2.09. The fourth-order valence-corrected chi connectivity index (χ4v) is 1.15. The molecule has 1 rings (SSSR count). The fraction of sp³-hybridized carbons (Fsp3) is 0.600. The zero-order chi connectivity index (χ0) is 14.1. The van der Waals surface area contributed by atoms with Crippen molar-refractivity contribution in [2.24, 2.45) is 0 Å². The Hall–Kier alpha value is -2.16. The highest BCUT2D eigenvalue weighted by Gasteiger charge is 2.07. The van der Waals surface area contributed by atoms with Crippen molar-refractivity contribution >= 4 is 17.8 Å². The molecule has 0 bridgehead atoms. The van der Waals surface area contributed by atoms with Gasteiger partial charge in [-0.3, -0.25) is 4.79 Å².